The van der Waals surface area contributed by atoms with Gasteiger partial charge in [-0.25, -0.2) is 0 Å². The van der Waals surface area contributed by atoms with E-state index in [0.717, 1.165) is 4.90 Å². The van der Waals surface area contributed by atoms with Gasteiger partial charge >= 0.3 is 0 Å². The smallest absolute Gasteiger partial charge is 0.247 e. The van der Waals surface area contributed by atoms with Crippen molar-refractivity contribution < 1.29 is 67.4 Å². The standard InChI is InChI=1S/C43H63N13O14/c1-3-21(2)36-42(69)52-25(11-13-31(45)59)38(65)53-27(18-32(46)60)39(66)54-28(19-48-34(62)14-15-35(63)50-26(40(67)55-36)17-22-6-8-23(57)9-7-22)43(70)56-16-4-5-29(56)41(68)51-24(10-12-30(44)58)37(64)49-20-33(47)61/h6-9,21,24-29,36,57H,3-5,10-20H2,1-2H3,(H2,44,58)(H2,45,59)(H2,46,60)(H2,47,61)(H,48,62)(H,49,64)(H,50,63)(H,51,68)(H,52,69)(H,53,65)(H,54,66)(H,55,67)/t21-,24-,25-,26-,27-,28-,29-,36-/m0/s1. The van der Waals surface area contributed by atoms with Crippen LogP contribution in [0.1, 0.15) is 83.6 Å². The normalized spacial score (nSPS) is 22.8. The van der Waals surface area contributed by atoms with Gasteiger partial charge in [-0.2, -0.15) is 0 Å². The Bertz CT molecular complexity index is 2160. The number of amides is 13. The summed E-state index contributed by atoms with van der Waals surface area (Å²) in [5.74, 6) is -12.9. The summed E-state index contributed by atoms with van der Waals surface area (Å²) in [5.41, 5.74) is 21.7. The Labute approximate surface area is 401 Å². The number of likely N-dealkylation sites (tertiary alicyclic amines) is 1. The van der Waals surface area contributed by atoms with E-state index in [9.17, 15) is 67.4 Å². The number of nitrogens with two attached hydrogens (primary N) is 4. The molecule has 0 radical (unpaired) electrons. The van der Waals surface area contributed by atoms with Gasteiger partial charge in [0.1, 0.15) is 48.0 Å². The van der Waals surface area contributed by atoms with Gasteiger partial charge in [0.25, 0.3) is 0 Å². The molecule has 17 N–H and O–H groups in total. The van der Waals surface area contributed by atoms with Crippen molar-refractivity contribution in [1.29, 1.82) is 0 Å². The van der Waals surface area contributed by atoms with Crippen molar-refractivity contribution in [3.8, 4) is 5.75 Å². The minimum Gasteiger partial charge on any atom is -0.508 e. The molecule has 27 nitrogen and oxygen atoms in total. The van der Waals surface area contributed by atoms with Crippen molar-refractivity contribution in [2.75, 3.05) is 19.6 Å². The molecule has 1 aromatic rings. The molecule has 2 heterocycles. The van der Waals surface area contributed by atoms with Crippen LogP contribution < -0.4 is 65.5 Å². The Balaban J connectivity index is 2.06. The van der Waals surface area contributed by atoms with Crippen LogP contribution in [0.2, 0.25) is 0 Å². The molecule has 384 valence electrons. The summed E-state index contributed by atoms with van der Waals surface area (Å²) in [4.78, 5) is 172. The Morgan fingerprint density at radius 1 is 0.743 bits per heavy atom. The van der Waals surface area contributed by atoms with Crippen LogP contribution in [0, 0.1) is 5.92 Å². The number of nitrogens with one attached hydrogen (secondary N) is 8. The average molecular weight is 986 g/mol. The van der Waals surface area contributed by atoms with Gasteiger partial charge in [0.05, 0.1) is 13.0 Å². The molecule has 1 aromatic carbocycles. The molecular formula is C43H63N13O14. The van der Waals surface area contributed by atoms with Crippen molar-refractivity contribution in [3.05, 3.63) is 29.8 Å². The Hall–Kier alpha value is -7.87. The summed E-state index contributed by atoms with van der Waals surface area (Å²) in [6, 6.07) is -5.05. The lowest BCUT2D eigenvalue weighted by atomic mass is 9.96. The Morgan fingerprint density at radius 3 is 1.97 bits per heavy atom. The minimum atomic E-state index is -1.87. The second-order valence-electron chi connectivity index (χ2n) is 17.0. The maximum atomic E-state index is 14.4. The zero-order valence-corrected chi connectivity index (χ0v) is 38.8. The van der Waals surface area contributed by atoms with Gasteiger partial charge in [-0.05, 0) is 49.3 Å². The lowest BCUT2D eigenvalue weighted by Crippen LogP contribution is -2.62. The van der Waals surface area contributed by atoms with Crippen molar-refractivity contribution in [3.63, 3.8) is 0 Å². The van der Waals surface area contributed by atoms with Gasteiger partial charge in [-0.15, -0.1) is 0 Å². The van der Waals surface area contributed by atoms with Gasteiger partial charge in [0.2, 0.25) is 76.8 Å². The van der Waals surface area contributed by atoms with E-state index in [-0.39, 0.29) is 44.4 Å². The van der Waals surface area contributed by atoms with Crippen LogP contribution in [-0.4, -0.2) is 149 Å². The first-order valence-corrected chi connectivity index (χ1v) is 22.6. The molecule has 8 atom stereocenters. The van der Waals surface area contributed by atoms with Crippen LogP contribution in [0.25, 0.3) is 0 Å². The van der Waals surface area contributed by atoms with Crippen molar-refractivity contribution >= 4 is 76.8 Å². The Kier molecular flexibility index (Phi) is 21.9. The van der Waals surface area contributed by atoms with Gasteiger partial charge in [0, 0.05) is 45.2 Å². The first kappa shape index (κ1) is 56.5. The number of benzene rings is 1. The zero-order valence-electron chi connectivity index (χ0n) is 38.8. The maximum Gasteiger partial charge on any atom is 0.247 e. The SMILES string of the molecule is CC[C@H](C)[C@@H]1NC(=O)[C@H](Cc2ccc(O)cc2)NC(=O)CCC(=O)NC[C@@H](C(=O)N2CCC[C@H]2C(=O)N[C@@H](CCC(N)=O)C(=O)NCC(N)=O)NC(=O)[C@H](CC(N)=O)NC(=O)[C@H](CCC(N)=O)NC1=O. The van der Waals surface area contributed by atoms with Gasteiger partial charge in [0.15, 0.2) is 0 Å². The molecular weight excluding hydrogens is 923 g/mol. The van der Waals surface area contributed by atoms with E-state index in [2.05, 4.69) is 42.5 Å². The number of carbonyl (C=O) groups is 13. The fraction of sp³-hybridized carbons (Fsp3) is 0.558. The molecule has 27 heteroatoms. The predicted molar refractivity (Wildman–Crippen MR) is 243 cm³/mol. The second-order valence-corrected chi connectivity index (χ2v) is 17.0. The number of nitrogens with zero attached hydrogens (tertiary/aromatic N) is 1. The van der Waals surface area contributed by atoms with Crippen LogP contribution in [0.4, 0.5) is 0 Å². The summed E-state index contributed by atoms with van der Waals surface area (Å²) in [7, 11) is 0. The third kappa shape index (κ3) is 18.3. The van der Waals surface area contributed by atoms with Gasteiger partial charge in [-0.3, -0.25) is 62.3 Å². The Morgan fingerprint density at radius 2 is 1.36 bits per heavy atom. The highest BCUT2D eigenvalue weighted by Crippen LogP contribution is 2.20. The third-order valence-electron chi connectivity index (χ3n) is 11.5. The van der Waals surface area contributed by atoms with E-state index in [1.165, 1.54) is 24.3 Å². The average Bonchev–Trinajstić information content (AvgIpc) is 3.80. The molecule has 0 saturated carbocycles. The van der Waals surface area contributed by atoms with E-state index >= 15 is 0 Å². The summed E-state index contributed by atoms with van der Waals surface area (Å²) in [6.45, 7) is 1.92. The molecule has 13 amide bonds. The first-order valence-electron chi connectivity index (χ1n) is 22.6. The van der Waals surface area contributed by atoms with Crippen molar-refractivity contribution in [2.45, 2.75) is 127 Å². The minimum absolute atomic E-state index is 0.0214. The number of phenols is 1. The molecule has 2 aliphatic rings. The predicted octanol–water partition coefficient (Wildman–Crippen LogP) is -6.20. The fourth-order valence-electron chi connectivity index (χ4n) is 7.43. The highest BCUT2D eigenvalue weighted by atomic mass is 16.3. The number of hydrogen-bond donors (Lipinski definition) is 13. The van der Waals surface area contributed by atoms with Crippen LogP contribution in [0.3, 0.4) is 0 Å². The molecule has 2 fully saturated rings. The second kappa shape index (κ2) is 27.2. The molecule has 0 unspecified atom stereocenters. The fourth-order valence-corrected chi connectivity index (χ4v) is 7.43. The number of carbonyl (C=O) groups excluding carboxylic acids is 13. The topological polar surface area (TPSA) is 446 Å². The van der Waals surface area contributed by atoms with Crippen molar-refractivity contribution in [2.24, 2.45) is 28.9 Å². The van der Waals surface area contributed by atoms with Gasteiger partial charge < -0.3 is 75.5 Å². The molecule has 0 bridgehead atoms. The van der Waals surface area contributed by atoms with E-state index < -0.39 is 170 Å². The van der Waals surface area contributed by atoms with Crippen LogP contribution in [-0.2, 0) is 68.7 Å². The molecule has 0 aromatic heterocycles. The number of hydrogen-bond acceptors (Lipinski definition) is 14. The largest absolute Gasteiger partial charge is 0.508 e. The monoisotopic (exact) mass is 985 g/mol. The maximum absolute atomic E-state index is 14.4. The summed E-state index contributed by atoms with van der Waals surface area (Å²) in [6.07, 6.45) is -3.14. The lowest BCUT2D eigenvalue weighted by molar-refractivity contribution is -0.143. The van der Waals surface area contributed by atoms with E-state index in [0.29, 0.717) is 12.0 Å². The molecule has 70 heavy (non-hydrogen) atoms. The summed E-state index contributed by atoms with van der Waals surface area (Å²) in [5, 5.41) is 29.3. The van der Waals surface area contributed by atoms with Crippen LogP contribution in [0.15, 0.2) is 24.3 Å². The number of rotatable bonds is 18. The summed E-state index contributed by atoms with van der Waals surface area (Å²) < 4.78 is 0. The molecule has 0 spiro atoms. The zero-order chi connectivity index (χ0) is 52.2. The number of phenolic OH excluding ortho intramolecular Hbond substituents is 1. The highest BCUT2D eigenvalue weighted by Gasteiger charge is 2.41. The van der Waals surface area contributed by atoms with E-state index in [1.54, 1.807) is 13.8 Å². The van der Waals surface area contributed by atoms with Crippen LogP contribution >= 0.6 is 0 Å². The van der Waals surface area contributed by atoms with Gasteiger partial charge in [-0.1, -0.05) is 32.4 Å². The molecule has 0 aliphatic carbocycles. The first-order chi connectivity index (χ1) is 33.0. The lowest BCUT2D eigenvalue weighted by Gasteiger charge is -2.31. The quantitative estimate of drug-likeness (QED) is 0.0651. The third-order valence-corrected chi connectivity index (χ3v) is 11.5. The molecule has 2 saturated heterocycles. The van der Waals surface area contributed by atoms with E-state index in [1.807, 2.05) is 0 Å². The highest BCUT2D eigenvalue weighted by molar-refractivity contribution is 6.00. The van der Waals surface area contributed by atoms with Crippen molar-refractivity contribution in [1.82, 2.24) is 47.4 Å². The number of primary amides is 4. The number of aromatic hydroxyl groups is 1. The molecule has 2 aliphatic heterocycles. The van der Waals surface area contributed by atoms with E-state index in [4.69, 9.17) is 22.9 Å². The van der Waals surface area contributed by atoms with Crippen LogP contribution in [0.5, 0.6) is 5.75 Å². The summed E-state index contributed by atoms with van der Waals surface area (Å²) >= 11 is 0. The molecule has 3 rings (SSSR count).